The van der Waals surface area contributed by atoms with Crippen molar-refractivity contribution in [2.45, 2.75) is 102 Å². The van der Waals surface area contributed by atoms with Crippen LogP contribution in [0.25, 0.3) is 0 Å². The first kappa shape index (κ1) is 23.1. The molecule has 0 radical (unpaired) electrons. The molecule has 0 aromatic heterocycles. The van der Waals surface area contributed by atoms with Crippen molar-refractivity contribution in [1.29, 1.82) is 0 Å². The lowest BCUT2D eigenvalue weighted by Gasteiger charge is -2.03. The molecule has 0 saturated carbocycles. The Kier molecular flexibility index (Phi) is 15.6. The SMILES string of the molecule is CCCCCCCC/C=C/CCCCCCCCSc1ccc(O)cc1. The molecule has 0 unspecified atom stereocenters. The lowest BCUT2D eigenvalue weighted by molar-refractivity contribution is 0.475. The van der Waals surface area contributed by atoms with E-state index in [1.54, 1.807) is 12.1 Å². The molecule has 1 nitrogen and oxygen atoms in total. The summed E-state index contributed by atoms with van der Waals surface area (Å²) in [4.78, 5) is 1.26. The van der Waals surface area contributed by atoms with E-state index >= 15 is 0 Å². The van der Waals surface area contributed by atoms with Gasteiger partial charge in [-0.15, -0.1) is 11.8 Å². The van der Waals surface area contributed by atoms with Crippen molar-refractivity contribution in [2.24, 2.45) is 0 Å². The van der Waals surface area contributed by atoms with Gasteiger partial charge >= 0.3 is 0 Å². The molecule has 0 aliphatic heterocycles. The summed E-state index contributed by atoms with van der Waals surface area (Å²) < 4.78 is 0. The van der Waals surface area contributed by atoms with Crippen LogP contribution in [0.5, 0.6) is 5.75 Å². The molecule has 148 valence electrons. The van der Waals surface area contributed by atoms with Crippen molar-refractivity contribution in [2.75, 3.05) is 5.75 Å². The second-order valence-corrected chi connectivity index (χ2v) is 8.45. The van der Waals surface area contributed by atoms with Crippen LogP contribution in [0.2, 0.25) is 0 Å². The number of hydrogen-bond acceptors (Lipinski definition) is 2. The van der Waals surface area contributed by atoms with Gasteiger partial charge < -0.3 is 5.11 Å². The zero-order valence-corrected chi connectivity index (χ0v) is 17.7. The minimum atomic E-state index is 0.353. The van der Waals surface area contributed by atoms with Gasteiger partial charge in [0.05, 0.1) is 0 Å². The van der Waals surface area contributed by atoms with Crippen LogP contribution in [-0.2, 0) is 0 Å². The smallest absolute Gasteiger partial charge is 0.115 e. The molecule has 0 fully saturated rings. The van der Waals surface area contributed by atoms with Crippen molar-refractivity contribution < 1.29 is 5.11 Å². The van der Waals surface area contributed by atoms with Crippen LogP contribution in [0.15, 0.2) is 41.3 Å². The van der Waals surface area contributed by atoms with E-state index in [1.807, 2.05) is 23.9 Å². The van der Waals surface area contributed by atoms with Crippen molar-refractivity contribution in [1.82, 2.24) is 0 Å². The van der Waals surface area contributed by atoms with Gasteiger partial charge in [-0.3, -0.25) is 0 Å². The normalized spacial score (nSPS) is 11.4. The Labute approximate surface area is 166 Å². The van der Waals surface area contributed by atoms with Crippen LogP contribution in [-0.4, -0.2) is 10.9 Å². The molecule has 0 amide bonds. The second kappa shape index (κ2) is 17.5. The molecule has 2 heteroatoms. The molecule has 0 saturated heterocycles. The van der Waals surface area contributed by atoms with E-state index in [1.165, 1.54) is 101 Å². The zero-order chi connectivity index (χ0) is 18.7. The largest absolute Gasteiger partial charge is 0.508 e. The van der Waals surface area contributed by atoms with Crippen molar-refractivity contribution in [3.63, 3.8) is 0 Å². The van der Waals surface area contributed by atoms with Crippen LogP contribution in [0.1, 0.15) is 96.8 Å². The highest BCUT2D eigenvalue weighted by atomic mass is 32.2. The third kappa shape index (κ3) is 14.3. The molecule has 0 bridgehead atoms. The maximum absolute atomic E-state index is 9.26. The molecule has 0 atom stereocenters. The fourth-order valence-corrected chi connectivity index (χ4v) is 3.99. The Morgan fingerprint density at radius 1 is 0.692 bits per heavy atom. The summed E-state index contributed by atoms with van der Waals surface area (Å²) in [5.41, 5.74) is 0. The van der Waals surface area contributed by atoms with Gasteiger partial charge in [0, 0.05) is 4.90 Å². The Morgan fingerprint density at radius 3 is 1.77 bits per heavy atom. The number of phenols is 1. The highest BCUT2D eigenvalue weighted by Crippen LogP contribution is 2.22. The van der Waals surface area contributed by atoms with E-state index in [9.17, 15) is 5.11 Å². The number of benzene rings is 1. The van der Waals surface area contributed by atoms with Crippen LogP contribution in [0.3, 0.4) is 0 Å². The van der Waals surface area contributed by atoms with Gasteiger partial charge in [-0.2, -0.15) is 0 Å². The van der Waals surface area contributed by atoms with Crippen molar-refractivity contribution in [3.05, 3.63) is 36.4 Å². The van der Waals surface area contributed by atoms with Crippen LogP contribution in [0.4, 0.5) is 0 Å². The number of rotatable bonds is 17. The highest BCUT2D eigenvalue weighted by molar-refractivity contribution is 7.99. The van der Waals surface area contributed by atoms with Gasteiger partial charge in [-0.05, 0) is 62.1 Å². The molecule has 0 aliphatic rings. The van der Waals surface area contributed by atoms with E-state index in [2.05, 4.69) is 19.1 Å². The summed E-state index contributed by atoms with van der Waals surface area (Å²) in [6.45, 7) is 2.28. The predicted octanol–water partition coefficient (Wildman–Crippen LogP) is 8.52. The summed E-state index contributed by atoms with van der Waals surface area (Å²) >= 11 is 1.90. The Hall–Kier alpha value is -0.890. The van der Waals surface area contributed by atoms with Crippen LogP contribution < -0.4 is 0 Å². The Morgan fingerprint density at radius 2 is 1.19 bits per heavy atom. The quantitative estimate of drug-likeness (QED) is 0.167. The fourth-order valence-electron chi connectivity index (χ4n) is 3.08. The van der Waals surface area contributed by atoms with E-state index in [0.29, 0.717) is 5.75 Å². The van der Waals surface area contributed by atoms with Crippen molar-refractivity contribution in [3.8, 4) is 5.75 Å². The first-order chi connectivity index (χ1) is 12.8. The Bertz CT molecular complexity index is 438. The van der Waals surface area contributed by atoms with Gasteiger partial charge in [0.25, 0.3) is 0 Å². The summed E-state index contributed by atoms with van der Waals surface area (Å²) in [5.74, 6) is 1.54. The van der Waals surface area contributed by atoms with E-state index in [-0.39, 0.29) is 0 Å². The minimum absolute atomic E-state index is 0.353. The molecule has 0 heterocycles. The number of thioether (sulfide) groups is 1. The van der Waals surface area contributed by atoms with Gasteiger partial charge in [0.15, 0.2) is 0 Å². The first-order valence-electron chi connectivity index (χ1n) is 10.9. The summed E-state index contributed by atoms with van der Waals surface area (Å²) in [6.07, 6.45) is 23.9. The monoisotopic (exact) mass is 376 g/mol. The third-order valence-corrected chi connectivity index (χ3v) is 5.86. The molecular formula is C24H40OS. The molecule has 1 aromatic carbocycles. The predicted molar refractivity (Wildman–Crippen MR) is 118 cm³/mol. The van der Waals surface area contributed by atoms with Gasteiger partial charge in [-0.25, -0.2) is 0 Å². The molecule has 1 rings (SSSR count). The summed E-state index contributed by atoms with van der Waals surface area (Å²) in [7, 11) is 0. The number of allylic oxidation sites excluding steroid dienone is 2. The van der Waals surface area contributed by atoms with Gasteiger partial charge in [-0.1, -0.05) is 76.9 Å². The number of hydrogen-bond donors (Lipinski definition) is 1. The average molecular weight is 377 g/mol. The molecule has 1 aromatic rings. The van der Waals surface area contributed by atoms with Crippen LogP contribution in [0, 0.1) is 0 Å². The summed E-state index contributed by atoms with van der Waals surface area (Å²) in [5, 5.41) is 9.26. The van der Waals surface area contributed by atoms with Gasteiger partial charge in [0.1, 0.15) is 5.75 Å². The molecule has 0 spiro atoms. The zero-order valence-electron chi connectivity index (χ0n) is 16.9. The number of aromatic hydroxyl groups is 1. The fraction of sp³-hybridized carbons (Fsp3) is 0.667. The maximum atomic E-state index is 9.26. The van der Waals surface area contributed by atoms with Crippen molar-refractivity contribution >= 4 is 11.8 Å². The summed E-state index contributed by atoms with van der Waals surface area (Å²) in [6, 6.07) is 7.54. The van der Waals surface area contributed by atoms with E-state index in [4.69, 9.17) is 0 Å². The molecule has 26 heavy (non-hydrogen) atoms. The van der Waals surface area contributed by atoms with Gasteiger partial charge in [0.2, 0.25) is 0 Å². The minimum Gasteiger partial charge on any atom is -0.508 e. The molecular weight excluding hydrogens is 336 g/mol. The first-order valence-corrected chi connectivity index (χ1v) is 11.9. The second-order valence-electron chi connectivity index (χ2n) is 7.28. The molecule has 1 N–H and O–H groups in total. The lowest BCUT2D eigenvalue weighted by Crippen LogP contribution is -1.83. The molecule has 0 aliphatic carbocycles. The number of phenolic OH excluding ortho intramolecular Hbond substituents is 1. The topological polar surface area (TPSA) is 20.2 Å². The Balaban J connectivity index is 1.78. The van der Waals surface area contributed by atoms with Crippen LogP contribution >= 0.6 is 11.8 Å². The number of unbranched alkanes of at least 4 members (excludes halogenated alkanes) is 12. The average Bonchev–Trinajstić information content (AvgIpc) is 2.66. The maximum Gasteiger partial charge on any atom is 0.115 e. The lowest BCUT2D eigenvalue weighted by atomic mass is 10.1. The third-order valence-electron chi connectivity index (χ3n) is 4.76. The van der Waals surface area contributed by atoms with E-state index in [0.717, 1.165) is 0 Å². The standard InChI is InChI=1S/C24H40OS/c1-2-3-4-5-6-7-8-9-10-11-12-13-14-15-16-17-22-26-24-20-18-23(25)19-21-24/h9-10,18-21,25H,2-8,11-17,22H2,1H3/b10-9+. The van der Waals surface area contributed by atoms with E-state index < -0.39 is 0 Å². The highest BCUT2D eigenvalue weighted by Gasteiger charge is 1.95.